The molecule has 0 saturated heterocycles. The Kier molecular flexibility index (Phi) is 4.57. The predicted octanol–water partition coefficient (Wildman–Crippen LogP) is 2.68. The predicted molar refractivity (Wildman–Crippen MR) is 80.3 cm³/mol. The molecule has 106 valence electrons. The molecule has 0 atom stereocenters. The third kappa shape index (κ3) is 2.76. The minimum absolute atomic E-state index is 0.279. The van der Waals surface area contributed by atoms with Gasteiger partial charge in [0.15, 0.2) is 0 Å². The fourth-order valence-corrected chi connectivity index (χ4v) is 2.57. The molecule has 0 aliphatic heterocycles. The van der Waals surface area contributed by atoms with Crippen molar-refractivity contribution < 1.29 is 9.53 Å². The molecule has 0 saturated carbocycles. The molecule has 0 bridgehead atoms. The van der Waals surface area contributed by atoms with Gasteiger partial charge in [-0.25, -0.2) is 9.48 Å². The van der Waals surface area contributed by atoms with Gasteiger partial charge in [0, 0.05) is 5.02 Å². The number of carbonyl (C=O) groups is 1. The highest BCUT2D eigenvalue weighted by Crippen LogP contribution is 2.27. The van der Waals surface area contributed by atoms with Crippen LogP contribution < -0.4 is 5.73 Å². The van der Waals surface area contributed by atoms with Crippen LogP contribution >= 0.6 is 23.4 Å². The molecule has 20 heavy (non-hydrogen) atoms. The van der Waals surface area contributed by atoms with Gasteiger partial charge in [-0.2, -0.15) is 5.10 Å². The Bertz CT molecular complexity index is 643. The van der Waals surface area contributed by atoms with E-state index in [1.807, 2.05) is 24.5 Å². The zero-order valence-electron chi connectivity index (χ0n) is 11.1. The van der Waals surface area contributed by atoms with Gasteiger partial charge >= 0.3 is 5.97 Å². The second kappa shape index (κ2) is 6.19. The van der Waals surface area contributed by atoms with Crippen LogP contribution in [-0.4, -0.2) is 29.1 Å². The monoisotopic (exact) mass is 311 g/mol. The summed E-state index contributed by atoms with van der Waals surface area (Å²) in [5.74, 6) is -0.210. The molecule has 0 fully saturated rings. The van der Waals surface area contributed by atoms with E-state index in [1.165, 1.54) is 18.9 Å². The molecule has 0 radical (unpaired) electrons. The summed E-state index contributed by atoms with van der Waals surface area (Å²) in [5.41, 5.74) is 7.18. The lowest BCUT2D eigenvalue weighted by atomic mass is 10.2. The van der Waals surface area contributed by atoms with Gasteiger partial charge in [-0.05, 0) is 17.9 Å². The molecule has 1 aromatic carbocycles. The van der Waals surface area contributed by atoms with E-state index in [-0.39, 0.29) is 5.82 Å². The number of thioether (sulfide) groups is 1. The van der Waals surface area contributed by atoms with Crippen LogP contribution in [0.5, 0.6) is 0 Å². The number of hydrogen-bond donors (Lipinski definition) is 1. The SMILES string of the molecule is COC(=O)c1c(SC)nn(Cc2ccccc2Cl)c1N. The average molecular weight is 312 g/mol. The van der Waals surface area contributed by atoms with Crippen LogP contribution in [0.4, 0.5) is 5.82 Å². The number of rotatable bonds is 4. The Morgan fingerprint density at radius 2 is 2.20 bits per heavy atom. The minimum atomic E-state index is -0.489. The Balaban J connectivity index is 2.41. The summed E-state index contributed by atoms with van der Waals surface area (Å²) in [6, 6.07) is 7.43. The van der Waals surface area contributed by atoms with Crippen molar-refractivity contribution in [1.29, 1.82) is 0 Å². The van der Waals surface area contributed by atoms with Gasteiger partial charge in [-0.1, -0.05) is 29.8 Å². The molecule has 0 aliphatic rings. The summed E-state index contributed by atoms with van der Waals surface area (Å²) in [6.07, 6.45) is 1.83. The molecule has 1 aromatic heterocycles. The highest BCUT2D eigenvalue weighted by Gasteiger charge is 2.22. The van der Waals surface area contributed by atoms with Crippen molar-refractivity contribution in [3.05, 3.63) is 40.4 Å². The van der Waals surface area contributed by atoms with Gasteiger partial charge in [0.05, 0.1) is 13.7 Å². The maximum atomic E-state index is 11.8. The minimum Gasteiger partial charge on any atom is -0.465 e. The first-order valence-corrected chi connectivity index (χ1v) is 7.40. The quantitative estimate of drug-likeness (QED) is 0.694. The number of methoxy groups -OCH3 is 1. The van der Waals surface area contributed by atoms with Crippen LogP contribution in [0.1, 0.15) is 15.9 Å². The first-order valence-electron chi connectivity index (χ1n) is 5.80. The number of aromatic nitrogens is 2. The molecule has 1 heterocycles. The van der Waals surface area contributed by atoms with Gasteiger partial charge in [0.1, 0.15) is 16.4 Å². The first kappa shape index (κ1) is 14.7. The number of benzene rings is 1. The van der Waals surface area contributed by atoms with Crippen molar-refractivity contribution in [3.63, 3.8) is 0 Å². The molecule has 2 rings (SSSR count). The van der Waals surface area contributed by atoms with Crippen molar-refractivity contribution in [2.75, 3.05) is 19.1 Å². The van der Waals surface area contributed by atoms with Crippen molar-refractivity contribution >= 4 is 35.1 Å². The van der Waals surface area contributed by atoms with E-state index in [1.54, 1.807) is 10.7 Å². The van der Waals surface area contributed by atoms with Crippen LogP contribution in [0, 0.1) is 0 Å². The van der Waals surface area contributed by atoms with Crippen molar-refractivity contribution in [1.82, 2.24) is 9.78 Å². The van der Waals surface area contributed by atoms with Crippen molar-refractivity contribution in [2.24, 2.45) is 0 Å². The summed E-state index contributed by atoms with van der Waals surface area (Å²) >= 11 is 7.46. The van der Waals surface area contributed by atoms with Gasteiger partial charge in [0.25, 0.3) is 0 Å². The number of carbonyl (C=O) groups excluding carboxylic acids is 1. The number of halogens is 1. The molecule has 0 amide bonds. The average Bonchev–Trinajstić information content (AvgIpc) is 2.77. The number of nitrogens with two attached hydrogens (primary N) is 1. The molecule has 7 heteroatoms. The van der Waals surface area contributed by atoms with Crippen LogP contribution in [0.2, 0.25) is 5.02 Å². The largest absolute Gasteiger partial charge is 0.465 e. The summed E-state index contributed by atoms with van der Waals surface area (Å²) in [4.78, 5) is 11.8. The second-order valence-corrected chi connectivity index (χ2v) is 5.21. The van der Waals surface area contributed by atoms with Crippen LogP contribution in [0.25, 0.3) is 0 Å². The summed E-state index contributed by atoms with van der Waals surface area (Å²) in [7, 11) is 1.32. The normalized spacial score (nSPS) is 10.6. The van der Waals surface area contributed by atoms with Gasteiger partial charge in [-0.3, -0.25) is 0 Å². The number of anilines is 1. The van der Waals surface area contributed by atoms with E-state index in [0.717, 1.165) is 5.56 Å². The number of hydrogen-bond acceptors (Lipinski definition) is 5. The van der Waals surface area contributed by atoms with Gasteiger partial charge in [0.2, 0.25) is 0 Å². The van der Waals surface area contributed by atoms with Crippen LogP contribution in [-0.2, 0) is 11.3 Å². The lowest BCUT2D eigenvalue weighted by Gasteiger charge is -2.06. The molecular weight excluding hydrogens is 298 g/mol. The third-order valence-corrected chi connectivity index (χ3v) is 3.86. The molecule has 0 unspecified atom stereocenters. The van der Waals surface area contributed by atoms with Crippen molar-refractivity contribution in [2.45, 2.75) is 11.6 Å². The lowest BCUT2D eigenvalue weighted by molar-refractivity contribution is 0.0598. The number of nitrogens with zero attached hydrogens (tertiary/aromatic N) is 2. The third-order valence-electron chi connectivity index (χ3n) is 2.82. The van der Waals surface area contributed by atoms with Gasteiger partial charge in [-0.15, -0.1) is 11.8 Å². The maximum Gasteiger partial charge on any atom is 0.344 e. The van der Waals surface area contributed by atoms with E-state index in [9.17, 15) is 4.79 Å². The zero-order valence-corrected chi connectivity index (χ0v) is 12.7. The first-order chi connectivity index (χ1) is 9.58. The fourth-order valence-electron chi connectivity index (χ4n) is 1.80. The lowest BCUT2D eigenvalue weighted by Crippen LogP contribution is -2.09. The highest BCUT2D eigenvalue weighted by molar-refractivity contribution is 7.98. The molecule has 0 spiro atoms. The molecule has 2 N–H and O–H groups in total. The Hall–Kier alpha value is -1.66. The molecule has 0 aliphatic carbocycles. The summed E-state index contributed by atoms with van der Waals surface area (Å²) in [5, 5.41) is 5.50. The highest BCUT2D eigenvalue weighted by atomic mass is 35.5. The number of esters is 1. The Morgan fingerprint density at radius 3 is 2.80 bits per heavy atom. The Morgan fingerprint density at radius 1 is 1.50 bits per heavy atom. The van der Waals surface area contributed by atoms with Crippen LogP contribution in [0.3, 0.4) is 0 Å². The van der Waals surface area contributed by atoms with E-state index >= 15 is 0 Å². The maximum absolute atomic E-state index is 11.8. The molecule has 2 aromatic rings. The van der Waals surface area contributed by atoms with E-state index in [2.05, 4.69) is 5.10 Å². The summed E-state index contributed by atoms with van der Waals surface area (Å²) in [6.45, 7) is 0.399. The van der Waals surface area contributed by atoms with E-state index < -0.39 is 5.97 Å². The summed E-state index contributed by atoms with van der Waals surface area (Å²) < 4.78 is 6.29. The topological polar surface area (TPSA) is 70.1 Å². The van der Waals surface area contributed by atoms with E-state index in [0.29, 0.717) is 22.2 Å². The number of ether oxygens (including phenoxy) is 1. The zero-order chi connectivity index (χ0) is 14.7. The Labute approximate surface area is 126 Å². The van der Waals surface area contributed by atoms with Gasteiger partial charge < -0.3 is 10.5 Å². The molecule has 5 nitrogen and oxygen atoms in total. The number of nitrogen functional groups attached to an aromatic ring is 1. The van der Waals surface area contributed by atoms with Crippen LogP contribution in [0.15, 0.2) is 29.3 Å². The molecular formula is C13H14ClN3O2S. The fraction of sp³-hybridized carbons (Fsp3) is 0.231. The second-order valence-electron chi connectivity index (χ2n) is 4.01. The standard InChI is InChI=1S/C13H14ClN3O2S/c1-19-13(18)10-11(15)17(16-12(10)20-2)7-8-5-3-4-6-9(8)14/h3-6H,7,15H2,1-2H3. The van der Waals surface area contributed by atoms with E-state index in [4.69, 9.17) is 22.1 Å². The van der Waals surface area contributed by atoms with Crippen molar-refractivity contribution in [3.8, 4) is 0 Å². The smallest absolute Gasteiger partial charge is 0.344 e.